The minimum Gasteiger partial charge on any atom is -0.497 e. The van der Waals surface area contributed by atoms with E-state index in [2.05, 4.69) is 6.07 Å². The molecular formula is C40H38O10. The quantitative estimate of drug-likeness (QED) is 0.164. The molecule has 2 unspecified atom stereocenters. The second kappa shape index (κ2) is 12.9. The average Bonchev–Trinajstić information content (AvgIpc) is 3.51. The van der Waals surface area contributed by atoms with Crippen molar-refractivity contribution < 1.29 is 42.3 Å². The summed E-state index contributed by atoms with van der Waals surface area (Å²) in [5, 5.41) is 0.576. The molecule has 5 aromatic rings. The van der Waals surface area contributed by atoms with Crippen LogP contribution in [0.2, 0.25) is 0 Å². The molecule has 4 heterocycles. The number of ether oxygens (including phenoxy) is 8. The van der Waals surface area contributed by atoms with Gasteiger partial charge in [0.05, 0.1) is 53.6 Å². The Morgan fingerprint density at radius 3 is 2.00 bits per heavy atom. The van der Waals surface area contributed by atoms with Gasteiger partial charge in [0.15, 0.2) is 0 Å². The van der Waals surface area contributed by atoms with E-state index in [4.69, 9.17) is 42.3 Å². The topological polar surface area (TPSA) is 104 Å². The molecule has 0 spiro atoms. The molecule has 10 nitrogen and oxygen atoms in total. The van der Waals surface area contributed by atoms with Gasteiger partial charge >= 0.3 is 5.63 Å². The van der Waals surface area contributed by atoms with Crippen molar-refractivity contribution in [1.82, 2.24) is 0 Å². The fourth-order valence-electron chi connectivity index (χ4n) is 6.63. The van der Waals surface area contributed by atoms with Crippen LogP contribution >= 0.6 is 0 Å². The number of hydrogen-bond donors (Lipinski definition) is 0. The first kappa shape index (κ1) is 32.8. The van der Waals surface area contributed by atoms with Crippen LogP contribution in [-0.4, -0.2) is 47.8 Å². The molecule has 0 amide bonds. The molecule has 1 aromatic heterocycles. The molecule has 0 bridgehead atoms. The van der Waals surface area contributed by atoms with E-state index >= 15 is 0 Å². The highest BCUT2D eigenvalue weighted by atomic mass is 16.5. The lowest BCUT2D eigenvalue weighted by Crippen LogP contribution is -2.27. The van der Waals surface area contributed by atoms with Crippen LogP contribution in [0.1, 0.15) is 42.6 Å². The molecule has 10 heteroatoms. The molecule has 0 N–H and O–H groups in total. The van der Waals surface area contributed by atoms with E-state index in [0.717, 1.165) is 34.1 Å². The molecule has 8 rings (SSSR count). The molecular weight excluding hydrogens is 640 g/mol. The minimum atomic E-state index is -0.507. The van der Waals surface area contributed by atoms with Gasteiger partial charge in [0.1, 0.15) is 74.2 Å². The lowest BCUT2D eigenvalue weighted by molar-refractivity contribution is 0.139. The Morgan fingerprint density at radius 1 is 0.700 bits per heavy atom. The van der Waals surface area contributed by atoms with Crippen molar-refractivity contribution in [3.63, 3.8) is 0 Å². The van der Waals surface area contributed by atoms with Crippen LogP contribution in [0.5, 0.6) is 46.0 Å². The zero-order chi connectivity index (χ0) is 35.2. The highest BCUT2D eigenvalue weighted by Crippen LogP contribution is 2.52. The highest BCUT2D eigenvalue weighted by molar-refractivity contribution is 5.99. The van der Waals surface area contributed by atoms with Gasteiger partial charge in [-0.3, -0.25) is 0 Å². The fourth-order valence-corrected chi connectivity index (χ4v) is 6.63. The summed E-state index contributed by atoms with van der Waals surface area (Å²) < 4.78 is 50.9. The van der Waals surface area contributed by atoms with Gasteiger partial charge in [0.25, 0.3) is 0 Å². The van der Waals surface area contributed by atoms with Crippen LogP contribution in [0.3, 0.4) is 0 Å². The molecule has 50 heavy (non-hydrogen) atoms. The smallest absolute Gasteiger partial charge is 0.347 e. The summed E-state index contributed by atoms with van der Waals surface area (Å²) in [6.45, 7) is 4.52. The van der Waals surface area contributed by atoms with Crippen molar-refractivity contribution in [2.75, 3.05) is 42.2 Å². The maximum atomic E-state index is 12.9. The van der Waals surface area contributed by atoms with Crippen molar-refractivity contribution in [3.8, 4) is 57.1 Å². The number of hydrogen-bond acceptors (Lipinski definition) is 10. The van der Waals surface area contributed by atoms with Crippen LogP contribution in [0.15, 0.2) is 82.0 Å². The first-order valence-corrected chi connectivity index (χ1v) is 16.1. The van der Waals surface area contributed by atoms with Crippen molar-refractivity contribution in [2.45, 2.75) is 31.5 Å². The second-order valence-electron chi connectivity index (χ2n) is 12.5. The molecule has 4 aromatic carbocycles. The van der Waals surface area contributed by atoms with Crippen LogP contribution < -0.4 is 43.5 Å². The van der Waals surface area contributed by atoms with Crippen LogP contribution in [0.4, 0.5) is 0 Å². The first-order chi connectivity index (χ1) is 24.2. The Balaban J connectivity index is 0.000000165. The first-order valence-electron chi connectivity index (χ1n) is 16.1. The SMILES string of the molecule is COc1ccc(-c2c(OC)c3c(OC)c4c(cc3oc2=O)OC(C)(C)C=C4)cc1.COc1ccc2c(c1)OC1c3ccc(OC)cc3OCC21. The zero-order valence-corrected chi connectivity index (χ0v) is 28.9. The number of methoxy groups -OCH3 is 5. The molecule has 2 atom stereocenters. The Labute approximate surface area is 289 Å². The molecule has 0 aliphatic carbocycles. The van der Waals surface area contributed by atoms with E-state index in [1.165, 1.54) is 12.7 Å². The molecule has 0 saturated carbocycles. The normalized spacial score (nSPS) is 17.3. The van der Waals surface area contributed by atoms with Crippen molar-refractivity contribution in [3.05, 3.63) is 99.9 Å². The van der Waals surface area contributed by atoms with Gasteiger partial charge in [0, 0.05) is 29.3 Å². The van der Waals surface area contributed by atoms with E-state index in [1.54, 1.807) is 58.8 Å². The van der Waals surface area contributed by atoms with Gasteiger partial charge in [-0.2, -0.15) is 0 Å². The van der Waals surface area contributed by atoms with Crippen molar-refractivity contribution >= 4 is 17.0 Å². The minimum absolute atomic E-state index is 0.00163. The van der Waals surface area contributed by atoms with Crippen molar-refractivity contribution in [2.24, 2.45) is 0 Å². The average molecular weight is 679 g/mol. The van der Waals surface area contributed by atoms with Gasteiger partial charge in [-0.05, 0) is 61.9 Å². The van der Waals surface area contributed by atoms with Gasteiger partial charge in [-0.25, -0.2) is 4.79 Å². The highest BCUT2D eigenvalue weighted by Gasteiger charge is 2.41. The predicted molar refractivity (Wildman–Crippen MR) is 189 cm³/mol. The Morgan fingerprint density at radius 2 is 1.34 bits per heavy atom. The molecule has 3 aliphatic rings. The third-order valence-corrected chi connectivity index (χ3v) is 9.10. The van der Waals surface area contributed by atoms with Crippen LogP contribution in [0, 0.1) is 0 Å². The third kappa shape index (κ3) is 5.70. The molecule has 0 saturated heterocycles. The summed E-state index contributed by atoms with van der Waals surface area (Å²) in [6.07, 6.45) is 3.91. The number of benzene rings is 4. The number of fused-ring (bicyclic) bond motifs is 7. The van der Waals surface area contributed by atoms with Gasteiger partial charge in [0.2, 0.25) is 0 Å². The van der Waals surface area contributed by atoms with Gasteiger partial charge < -0.3 is 42.3 Å². The molecule has 258 valence electrons. The van der Waals surface area contributed by atoms with Crippen LogP contribution in [0.25, 0.3) is 28.2 Å². The molecule has 0 fully saturated rings. The largest absolute Gasteiger partial charge is 0.497 e. The Hall–Kier alpha value is -5.77. The predicted octanol–water partition coefficient (Wildman–Crippen LogP) is 7.98. The summed E-state index contributed by atoms with van der Waals surface area (Å²) >= 11 is 0. The third-order valence-electron chi connectivity index (χ3n) is 9.10. The standard InChI is InChI=1S/C23H22O6.C17H16O4/c1-23(2)11-10-15-16(29-23)12-17-19(20(15)26-4)21(27-5)18(22(24)28-17)13-6-8-14(25-3)9-7-13;1-18-10-4-6-13-15(7-10)20-9-14-12-5-3-11(19-2)8-16(12)21-17(13)14/h6-12H,1-5H3;3-8,14,17H,9H2,1-2H3. The molecule has 0 radical (unpaired) electrons. The van der Waals surface area contributed by atoms with E-state index in [1.807, 2.05) is 56.3 Å². The van der Waals surface area contributed by atoms with E-state index in [9.17, 15) is 4.79 Å². The van der Waals surface area contributed by atoms with Crippen molar-refractivity contribution in [1.29, 1.82) is 0 Å². The summed E-state index contributed by atoms with van der Waals surface area (Å²) in [6, 6.07) is 20.7. The van der Waals surface area contributed by atoms with E-state index in [-0.39, 0.29) is 12.0 Å². The van der Waals surface area contributed by atoms with E-state index < -0.39 is 11.2 Å². The summed E-state index contributed by atoms with van der Waals surface area (Å²) in [5.74, 6) is 5.75. The van der Waals surface area contributed by atoms with Gasteiger partial charge in [-0.15, -0.1) is 0 Å². The maximum Gasteiger partial charge on any atom is 0.347 e. The Bertz CT molecular complexity index is 2160. The van der Waals surface area contributed by atoms with E-state index in [0.29, 0.717) is 51.7 Å². The fraction of sp³-hybridized carbons (Fsp3) is 0.275. The summed E-state index contributed by atoms with van der Waals surface area (Å²) in [5.41, 5.74) is 3.36. The maximum absolute atomic E-state index is 12.9. The lowest BCUT2D eigenvalue weighted by atomic mass is 9.89. The number of rotatable bonds is 6. The van der Waals surface area contributed by atoms with Gasteiger partial charge in [-0.1, -0.05) is 18.2 Å². The Kier molecular flexibility index (Phi) is 8.47. The lowest BCUT2D eigenvalue weighted by Gasteiger charge is -2.29. The monoisotopic (exact) mass is 678 g/mol. The van der Waals surface area contributed by atoms with Crippen LogP contribution in [-0.2, 0) is 0 Å². The summed E-state index contributed by atoms with van der Waals surface area (Å²) in [4.78, 5) is 12.9. The second-order valence-corrected chi connectivity index (χ2v) is 12.5. The molecule has 3 aliphatic heterocycles. The summed E-state index contributed by atoms with van der Waals surface area (Å²) in [7, 11) is 8.00. The zero-order valence-electron chi connectivity index (χ0n) is 28.9.